The minimum absolute atomic E-state index is 0.460. The monoisotopic (exact) mass is 213 g/mol. The normalized spacial score (nSPS) is 27.6. The summed E-state index contributed by atoms with van der Waals surface area (Å²) in [6.07, 6.45) is 8.21. The Balaban J connectivity index is 1.92. The minimum atomic E-state index is -0.708. The highest BCUT2D eigenvalue weighted by atomic mass is 32.2. The van der Waals surface area contributed by atoms with Crippen LogP contribution in [0.5, 0.6) is 0 Å². The van der Waals surface area contributed by atoms with E-state index in [4.69, 9.17) is 0 Å². The first-order valence-electron chi connectivity index (χ1n) is 5.58. The molecule has 1 heterocycles. The molecule has 0 radical (unpaired) electrons. The number of nitrogens with zero attached hydrogens (tertiary/aromatic N) is 1. The first-order valence-corrected chi connectivity index (χ1v) is 6.75. The van der Waals surface area contributed by atoms with Crippen molar-refractivity contribution in [1.82, 2.24) is 4.31 Å². The summed E-state index contributed by atoms with van der Waals surface area (Å²) in [5.41, 5.74) is 1.45. The van der Waals surface area contributed by atoms with E-state index in [9.17, 15) is 4.21 Å². The predicted octanol–water partition coefficient (Wildman–Crippen LogP) is 2.24. The summed E-state index contributed by atoms with van der Waals surface area (Å²) in [4.78, 5) is 0. The number of hydrogen-bond donors (Lipinski definition) is 0. The lowest BCUT2D eigenvalue weighted by molar-refractivity contribution is 0.462. The van der Waals surface area contributed by atoms with Crippen LogP contribution >= 0.6 is 0 Å². The van der Waals surface area contributed by atoms with E-state index in [-0.39, 0.29) is 0 Å². The van der Waals surface area contributed by atoms with Crippen molar-refractivity contribution in [3.05, 3.63) is 11.6 Å². The van der Waals surface area contributed by atoms with Crippen molar-refractivity contribution in [2.45, 2.75) is 44.3 Å². The molecule has 0 saturated heterocycles. The average molecular weight is 213 g/mol. The molecule has 1 aliphatic heterocycles. The lowest BCUT2D eigenvalue weighted by Gasteiger charge is -2.26. The van der Waals surface area contributed by atoms with Gasteiger partial charge in [0.15, 0.2) is 0 Å². The zero-order chi connectivity index (χ0) is 9.97. The van der Waals surface area contributed by atoms with Crippen molar-refractivity contribution in [3.63, 3.8) is 0 Å². The third kappa shape index (κ3) is 2.26. The van der Waals surface area contributed by atoms with E-state index in [1.54, 1.807) is 0 Å². The van der Waals surface area contributed by atoms with Crippen LogP contribution in [0, 0.1) is 0 Å². The molecule has 2 nitrogen and oxygen atoms in total. The van der Waals surface area contributed by atoms with Crippen molar-refractivity contribution in [2.75, 3.05) is 13.1 Å². The van der Waals surface area contributed by atoms with E-state index in [1.165, 1.54) is 31.3 Å². The van der Waals surface area contributed by atoms with Gasteiger partial charge in [0.2, 0.25) is 0 Å². The van der Waals surface area contributed by atoms with Gasteiger partial charge in [0.25, 0.3) is 0 Å². The molecule has 0 N–H and O–H groups in total. The molecule has 1 unspecified atom stereocenters. The van der Waals surface area contributed by atoms with Crippen LogP contribution < -0.4 is 0 Å². The molecule has 0 spiro atoms. The van der Waals surface area contributed by atoms with Crippen LogP contribution in [0.25, 0.3) is 0 Å². The molecule has 14 heavy (non-hydrogen) atoms. The van der Waals surface area contributed by atoms with Crippen molar-refractivity contribution < 1.29 is 4.21 Å². The lowest BCUT2D eigenvalue weighted by Crippen LogP contribution is -2.35. The van der Waals surface area contributed by atoms with Gasteiger partial charge in [-0.15, -0.1) is 0 Å². The van der Waals surface area contributed by atoms with E-state index >= 15 is 0 Å². The maximum atomic E-state index is 12.1. The Bertz CT molecular complexity index is 256. The molecule has 3 heteroatoms. The third-order valence-corrected chi connectivity index (χ3v) is 5.12. The SMILES string of the molecule is CC1=CCN(S(=O)C2CCCC2)CC1. The Hall–Kier alpha value is -0.150. The Morgan fingerprint density at radius 1 is 1.43 bits per heavy atom. The van der Waals surface area contributed by atoms with Gasteiger partial charge >= 0.3 is 0 Å². The van der Waals surface area contributed by atoms with Gasteiger partial charge in [-0.25, -0.2) is 8.51 Å². The average Bonchev–Trinajstić information content (AvgIpc) is 2.71. The van der Waals surface area contributed by atoms with Crippen LogP contribution in [0.3, 0.4) is 0 Å². The van der Waals surface area contributed by atoms with Crippen LogP contribution in [-0.4, -0.2) is 26.9 Å². The summed E-state index contributed by atoms with van der Waals surface area (Å²) in [6.45, 7) is 4.05. The highest BCUT2D eigenvalue weighted by Crippen LogP contribution is 2.25. The van der Waals surface area contributed by atoms with E-state index in [0.29, 0.717) is 5.25 Å². The Kier molecular flexibility index (Phi) is 3.39. The zero-order valence-electron chi connectivity index (χ0n) is 8.87. The van der Waals surface area contributed by atoms with Crippen molar-refractivity contribution in [2.24, 2.45) is 0 Å². The molecule has 0 aromatic carbocycles. The maximum absolute atomic E-state index is 12.1. The van der Waals surface area contributed by atoms with Crippen molar-refractivity contribution in [3.8, 4) is 0 Å². The largest absolute Gasteiger partial charge is 0.242 e. The van der Waals surface area contributed by atoms with Gasteiger partial charge in [0, 0.05) is 18.3 Å². The molecule has 0 bridgehead atoms. The molecule has 80 valence electrons. The predicted molar refractivity (Wildman–Crippen MR) is 60.3 cm³/mol. The van der Waals surface area contributed by atoms with Gasteiger partial charge in [-0.1, -0.05) is 24.5 Å². The van der Waals surface area contributed by atoms with Gasteiger partial charge in [-0.05, 0) is 26.2 Å². The Morgan fingerprint density at radius 2 is 2.14 bits per heavy atom. The second-order valence-electron chi connectivity index (χ2n) is 4.37. The first-order chi connectivity index (χ1) is 6.77. The zero-order valence-corrected chi connectivity index (χ0v) is 9.68. The fraction of sp³-hybridized carbons (Fsp3) is 0.818. The molecule has 1 aliphatic carbocycles. The Labute approximate surface area is 89.0 Å². The van der Waals surface area contributed by atoms with E-state index in [0.717, 1.165) is 19.5 Å². The van der Waals surface area contributed by atoms with Gasteiger partial charge in [0.1, 0.15) is 0 Å². The van der Waals surface area contributed by atoms with Gasteiger partial charge < -0.3 is 0 Å². The molecule has 2 aliphatic rings. The quantitative estimate of drug-likeness (QED) is 0.644. The van der Waals surface area contributed by atoms with Crippen LogP contribution in [0.15, 0.2) is 11.6 Å². The van der Waals surface area contributed by atoms with Gasteiger partial charge in [0.05, 0.1) is 11.0 Å². The molecule has 0 aromatic heterocycles. The highest BCUT2D eigenvalue weighted by molar-refractivity contribution is 7.83. The molecular weight excluding hydrogens is 194 g/mol. The molecule has 1 saturated carbocycles. The molecule has 2 rings (SSSR count). The summed E-state index contributed by atoms with van der Waals surface area (Å²) < 4.78 is 14.3. The number of rotatable bonds is 2. The summed E-state index contributed by atoms with van der Waals surface area (Å²) in [7, 11) is -0.708. The van der Waals surface area contributed by atoms with Crippen molar-refractivity contribution >= 4 is 11.0 Å². The Morgan fingerprint density at radius 3 is 2.71 bits per heavy atom. The molecule has 1 atom stereocenters. The van der Waals surface area contributed by atoms with Crippen LogP contribution in [0.1, 0.15) is 39.0 Å². The fourth-order valence-electron chi connectivity index (χ4n) is 2.22. The summed E-state index contributed by atoms with van der Waals surface area (Å²) in [6, 6.07) is 0. The topological polar surface area (TPSA) is 20.3 Å². The summed E-state index contributed by atoms with van der Waals surface area (Å²) in [5.74, 6) is 0. The van der Waals surface area contributed by atoms with E-state index < -0.39 is 11.0 Å². The van der Waals surface area contributed by atoms with Crippen molar-refractivity contribution in [1.29, 1.82) is 0 Å². The summed E-state index contributed by atoms with van der Waals surface area (Å²) >= 11 is 0. The second kappa shape index (κ2) is 4.58. The van der Waals surface area contributed by atoms with Crippen LogP contribution in [0.2, 0.25) is 0 Å². The molecule has 0 amide bonds. The number of hydrogen-bond acceptors (Lipinski definition) is 1. The second-order valence-corrected chi connectivity index (χ2v) is 6.11. The van der Waals surface area contributed by atoms with Gasteiger partial charge in [-0.2, -0.15) is 0 Å². The standard InChI is InChI=1S/C11H19NOS/c1-10-6-8-12(9-7-10)14(13)11-4-2-3-5-11/h6,11H,2-5,7-9H2,1H3. The smallest absolute Gasteiger partial charge is 0.0977 e. The van der Waals surface area contributed by atoms with Crippen LogP contribution in [0.4, 0.5) is 0 Å². The summed E-state index contributed by atoms with van der Waals surface area (Å²) in [5, 5.41) is 0.460. The molecule has 0 aromatic rings. The first kappa shape index (κ1) is 10.4. The van der Waals surface area contributed by atoms with Crippen LogP contribution in [-0.2, 0) is 11.0 Å². The van der Waals surface area contributed by atoms with E-state index in [1.807, 2.05) is 0 Å². The minimum Gasteiger partial charge on any atom is -0.242 e. The third-order valence-electron chi connectivity index (χ3n) is 3.24. The maximum Gasteiger partial charge on any atom is 0.0977 e. The lowest BCUT2D eigenvalue weighted by atomic mass is 10.1. The molecular formula is C11H19NOS. The fourth-order valence-corrected chi connectivity index (χ4v) is 3.87. The highest BCUT2D eigenvalue weighted by Gasteiger charge is 2.26. The van der Waals surface area contributed by atoms with Gasteiger partial charge in [-0.3, -0.25) is 0 Å². The van der Waals surface area contributed by atoms with E-state index in [2.05, 4.69) is 17.3 Å². The molecule has 1 fully saturated rings.